The summed E-state index contributed by atoms with van der Waals surface area (Å²) in [6, 6.07) is 11.7. The average Bonchev–Trinajstić information content (AvgIpc) is 3.17. The third-order valence-corrected chi connectivity index (χ3v) is 6.88. The molecule has 1 fully saturated rings. The molecule has 0 aromatic heterocycles. The Hall–Kier alpha value is -1.99. The summed E-state index contributed by atoms with van der Waals surface area (Å²) in [6.07, 6.45) is 0. The molecular weight excluding hydrogens is 373 g/mol. The highest BCUT2D eigenvalue weighted by Crippen LogP contribution is 2.45. The van der Waals surface area contributed by atoms with Crippen molar-refractivity contribution in [3.63, 3.8) is 0 Å². The minimum atomic E-state index is -0.587. The maximum atomic E-state index is 13.7. The van der Waals surface area contributed by atoms with Crippen LogP contribution in [-0.2, 0) is 9.53 Å². The molecule has 1 aliphatic rings. The van der Waals surface area contributed by atoms with E-state index in [0.29, 0.717) is 10.1 Å². The van der Waals surface area contributed by atoms with Crippen molar-refractivity contribution in [3.05, 3.63) is 65.0 Å². The van der Waals surface area contributed by atoms with Gasteiger partial charge in [0, 0.05) is 11.5 Å². The van der Waals surface area contributed by atoms with Crippen LogP contribution in [0.3, 0.4) is 0 Å². The maximum Gasteiger partial charge on any atom is 0.338 e. The molecule has 0 aliphatic carbocycles. The number of carbonyl (C=O) groups excluding carboxylic acids is 2. The van der Waals surface area contributed by atoms with E-state index in [-0.39, 0.29) is 5.69 Å². The van der Waals surface area contributed by atoms with E-state index in [1.807, 2.05) is 35.7 Å². The Labute approximate surface area is 159 Å². The fraction of sp³-hybridized carbons (Fsp3) is 0.263. The van der Waals surface area contributed by atoms with Crippen molar-refractivity contribution in [2.24, 2.45) is 0 Å². The van der Waals surface area contributed by atoms with Crippen LogP contribution in [-0.4, -0.2) is 30.0 Å². The molecule has 0 radical (unpaired) electrons. The number of rotatable bonds is 5. The molecule has 0 spiro atoms. The van der Waals surface area contributed by atoms with Gasteiger partial charge in [-0.05, 0) is 42.3 Å². The van der Waals surface area contributed by atoms with Crippen molar-refractivity contribution in [2.45, 2.75) is 11.5 Å². The van der Waals surface area contributed by atoms with Crippen LogP contribution in [0.1, 0.15) is 26.1 Å². The Bertz CT molecular complexity index is 805. The first-order valence-corrected chi connectivity index (χ1v) is 10.2. The Morgan fingerprint density at radius 2 is 1.85 bits per heavy atom. The lowest BCUT2D eigenvalue weighted by atomic mass is 10.1. The quantitative estimate of drug-likeness (QED) is 0.765. The largest absolute Gasteiger partial charge is 0.452 e. The Kier molecular flexibility index (Phi) is 6.21. The molecular formula is C19H18FNO3S2. The number of carbonyl (C=O) groups is 2. The van der Waals surface area contributed by atoms with Gasteiger partial charge in [0.2, 0.25) is 0 Å². The van der Waals surface area contributed by atoms with E-state index in [1.165, 1.54) is 17.7 Å². The van der Waals surface area contributed by atoms with Crippen molar-refractivity contribution in [2.75, 3.05) is 23.4 Å². The van der Waals surface area contributed by atoms with Crippen molar-refractivity contribution < 1.29 is 18.7 Å². The third kappa shape index (κ3) is 4.80. The summed E-state index contributed by atoms with van der Waals surface area (Å²) in [4.78, 5) is 23.9. The smallest absolute Gasteiger partial charge is 0.338 e. The first-order valence-electron chi connectivity index (χ1n) is 8.09. The molecule has 2 aromatic carbocycles. The number of nitrogens with one attached hydrogen (secondary N) is 1. The number of esters is 1. The van der Waals surface area contributed by atoms with Crippen molar-refractivity contribution in [3.8, 4) is 0 Å². The van der Waals surface area contributed by atoms with Gasteiger partial charge >= 0.3 is 5.97 Å². The molecule has 0 unspecified atom stereocenters. The zero-order valence-corrected chi connectivity index (χ0v) is 15.8. The Morgan fingerprint density at radius 3 is 2.50 bits per heavy atom. The van der Waals surface area contributed by atoms with Crippen molar-refractivity contribution in [1.82, 2.24) is 0 Å². The lowest BCUT2D eigenvalue weighted by molar-refractivity contribution is -0.119. The van der Waals surface area contributed by atoms with Crippen LogP contribution in [0, 0.1) is 12.7 Å². The van der Waals surface area contributed by atoms with Crippen LogP contribution in [0.15, 0.2) is 42.5 Å². The molecule has 1 heterocycles. The number of hydrogen-bond acceptors (Lipinski definition) is 5. The number of anilines is 1. The molecule has 0 atom stereocenters. The van der Waals surface area contributed by atoms with Crippen LogP contribution in [0.5, 0.6) is 0 Å². The molecule has 0 bridgehead atoms. The number of aryl methyl sites for hydroxylation is 1. The SMILES string of the molecule is Cc1ccc(NC(=O)COC(=O)c2ccc(C3SCCS3)cc2)c(F)c1. The number of benzene rings is 2. The van der Waals surface area contributed by atoms with Gasteiger partial charge in [0.05, 0.1) is 15.8 Å². The second-order valence-electron chi connectivity index (χ2n) is 5.80. The molecule has 3 rings (SSSR count). The van der Waals surface area contributed by atoms with Crippen LogP contribution < -0.4 is 5.32 Å². The zero-order chi connectivity index (χ0) is 18.5. The summed E-state index contributed by atoms with van der Waals surface area (Å²) in [5, 5.41) is 2.39. The van der Waals surface area contributed by atoms with Gasteiger partial charge in [-0.2, -0.15) is 0 Å². The molecule has 136 valence electrons. The summed E-state index contributed by atoms with van der Waals surface area (Å²) < 4.78 is 19.1. The lowest BCUT2D eigenvalue weighted by Crippen LogP contribution is -2.21. The third-order valence-electron chi connectivity index (χ3n) is 3.77. The van der Waals surface area contributed by atoms with E-state index >= 15 is 0 Å². The van der Waals surface area contributed by atoms with Gasteiger partial charge in [0.15, 0.2) is 6.61 Å². The zero-order valence-electron chi connectivity index (χ0n) is 14.2. The van der Waals surface area contributed by atoms with E-state index in [1.54, 1.807) is 25.1 Å². The van der Waals surface area contributed by atoms with Crippen LogP contribution in [0.25, 0.3) is 0 Å². The van der Waals surface area contributed by atoms with Gasteiger partial charge in [-0.1, -0.05) is 18.2 Å². The molecule has 1 N–H and O–H groups in total. The number of halogens is 1. The van der Waals surface area contributed by atoms with E-state index in [0.717, 1.165) is 17.1 Å². The summed E-state index contributed by atoms with van der Waals surface area (Å²) in [5.74, 6) is 0.577. The second kappa shape index (κ2) is 8.60. The summed E-state index contributed by atoms with van der Waals surface area (Å²) in [7, 11) is 0. The lowest BCUT2D eigenvalue weighted by Gasteiger charge is -2.10. The van der Waals surface area contributed by atoms with Crippen molar-refractivity contribution in [1.29, 1.82) is 0 Å². The van der Waals surface area contributed by atoms with E-state index < -0.39 is 24.3 Å². The van der Waals surface area contributed by atoms with Gasteiger partial charge in [-0.15, -0.1) is 23.5 Å². The number of amides is 1. The topological polar surface area (TPSA) is 55.4 Å². The predicted molar refractivity (Wildman–Crippen MR) is 104 cm³/mol. The van der Waals surface area contributed by atoms with Gasteiger partial charge in [0.25, 0.3) is 5.91 Å². The van der Waals surface area contributed by atoms with Gasteiger partial charge in [0.1, 0.15) is 5.82 Å². The average molecular weight is 391 g/mol. The van der Waals surface area contributed by atoms with Crippen LogP contribution in [0.4, 0.5) is 10.1 Å². The molecule has 26 heavy (non-hydrogen) atoms. The molecule has 0 saturated carbocycles. The monoisotopic (exact) mass is 391 g/mol. The number of ether oxygens (including phenoxy) is 1. The highest BCUT2D eigenvalue weighted by molar-refractivity contribution is 8.19. The van der Waals surface area contributed by atoms with Crippen LogP contribution in [0.2, 0.25) is 0 Å². The minimum Gasteiger partial charge on any atom is -0.452 e. The Balaban J connectivity index is 1.52. The van der Waals surface area contributed by atoms with Gasteiger partial charge < -0.3 is 10.1 Å². The molecule has 7 heteroatoms. The second-order valence-corrected chi connectivity index (χ2v) is 8.53. The Morgan fingerprint density at radius 1 is 1.15 bits per heavy atom. The fourth-order valence-electron chi connectivity index (χ4n) is 2.45. The first-order chi connectivity index (χ1) is 12.5. The van der Waals surface area contributed by atoms with Gasteiger partial charge in [-0.25, -0.2) is 9.18 Å². The summed E-state index contributed by atoms with van der Waals surface area (Å²) >= 11 is 3.78. The van der Waals surface area contributed by atoms with Crippen molar-refractivity contribution >= 4 is 41.1 Å². The van der Waals surface area contributed by atoms with E-state index in [2.05, 4.69) is 5.32 Å². The number of thioether (sulfide) groups is 2. The first kappa shape index (κ1) is 18.8. The standard InChI is InChI=1S/C19H18FNO3S2/c1-12-2-7-16(15(20)10-12)21-17(22)11-24-18(23)13-3-5-14(6-4-13)19-25-8-9-26-19/h2-7,10,19H,8-9,11H2,1H3,(H,21,22). The molecule has 2 aromatic rings. The highest BCUT2D eigenvalue weighted by atomic mass is 32.2. The maximum absolute atomic E-state index is 13.7. The van der Waals surface area contributed by atoms with Gasteiger partial charge in [-0.3, -0.25) is 4.79 Å². The molecule has 1 amide bonds. The number of hydrogen-bond donors (Lipinski definition) is 1. The summed E-state index contributed by atoms with van der Waals surface area (Å²) in [5.41, 5.74) is 2.37. The van der Waals surface area contributed by atoms with E-state index in [9.17, 15) is 14.0 Å². The van der Waals surface area contributed by atoms with E-state index in [4.69, 9.17) is 4.74 Å². The summed E-state index contributed by atoms with van der Waals surface area (Å²) in [6.45, 7) is 1.29. The predicted octanol–water partition coefficient (Wildman–Crippen LogP) is 4.41. The normalized spacial score (nSPS) is 14.2. The minimum absolute atomic E-state index is 0.0626. The highest BCUT2D eigenvalue weighted by Gasteiger charge is 2.19. The molecule has 1 saturated heterocycles. The fourth-order valence-corrected chi connectivity index (χ4v) is 5.31. The molecule has 1 aliphatic heterocycles. The van der Waals surface area contributed by atoms with Crippen LogP contribution >= 0.6 is 23.5 Å². The molecule has 4 nitrogen and oxygen atoms in total.